The van der Waals surface area contributed by atoms with Gasteiger partial charge < -0.3 is 16.0 Å². The molecule has 0 bridgehead atoms. The van der Waals surface area contributed by atoms with Crippen molar-refractivity contribution < 1.29 is 14.4 Å². The molecule has 0 unspecified atom stereocenters. The minimum Gasteiger partial charge on any atom is -0.356 e. The fraction of sp³-hybridized carbons (Fsp3) is 0.930. The molecule has 0 heterocycles. The number of carbonyl (C=O) groups is 3. The van der Waals surface area contributed by atoms with Crippen molar-refractivity contribution in [2.75, 3.05) is 13.1 Å². The fourth-order valence-corrected chi connectivity index (χ4v) is 6.95. The van der Waals surface area contributed by atoms with Gasteiger partial charge in [0.05, 0.1) is 5.37 Å². The molecule has 1 atom stereocenters. The Balaban J connectivity index is 3.41. The zero-order valence-corrected chi connectivity index (χ0v) is 34.3. The van der Waals surface area contributed by atoms with Crippen LogP contribution in [0, 0.1) is 0 Å². The molecule has 0 saturated heterocycles. The molecule has 0 aliphatic carbocycles. The van der Waals surface area contributed by atoms with E-state index in [1.54, 1.807) is 0 Å². The van der Waals surface area contributed by atoms with E-state index < -0.39 is 0 Å². The van der Waals surface area contributed by atoms with Gasteiger partial charge in [0.25, 0.3) is 0 Å². The van der Waals surface area contributed by atoms with Crippen LogP contribution in [0.15, 0.2) is 0 Å². The summed E-state index contributed by atoms with van der Waals surface area (Å²) in [4.78, 5) is 36.4. The third-order valence-electron chi connectivity index (χ3n) is 9.97. The molecule has 6 nitrogen and oxygen atoms in total. The molecule has 0 aromatic carbocycles. The van der Waals surface area contributed by atoms with Crippen LogP contribution in [0.2, 0.25) is 0 Å². The minimum atomic E-state index is -0.115. The highest BCUT2D eigenvalue weighted by Gasteiger charge is 2.08. The fourth-order valence-electron chi connectivity index (χ4n) is 6.62. The van der Waals surface area contributed by atoms with Gasteiger partial charge >= 0.3 is 0 Å². The Morgan fingerprint density at radius 2 is 0.660 bits per heavy atom. The summed E-state index contributed by atoms with van der Waals surface area (Å²) in [5.41, 5.74) is 0. The molecule has 0 radical (unpaired) electrons. The first-order valence-corrected chi connectivity index (χ1v) is 22.5. The number of rotatable bonds is 40. The molecule has 50 heavy (non-hydrogen) atoms. The van der Waals surface area contributed by atoms with E-state index in [2.05, 4.69) is 42.4 Å². The Bertz CT molecular complexity index is 751. The summed E-state index contributed by atoms with van der Waals surface area (Å²) >= 11 is 4.54. The van der Waals surface area contributed by atoms with Crippen molar-refractivity contribution >= 4 is 30.4 Å². The molecule has 3 N–H and O–H groups in total. The quantitative estimate of drug-likeness (QED) is 0.0288. The monoisotopic (exact) mass is 724 g/mol. The molecule has 0 saturated carbocycles. The molecular weight excluding hydrogens is 639 g/mol. The van der Waals surface area contributed by atoms with Gasteiger partial charge in [-0.25, -0.2) is 0 Å². The van der Waals surface area contributed by atoms with Crippen molar-refractivity contribution in [2.24, 2.45) is 0 Å². The predicted molar refractivity (Wildman–Crippen MR) is 220 cm³/mol. The second kappa shape index (κ2) is 40.5. The van der Waals surface area contributed by atoms with Crippen molar-refractivity contribution in [2.45, 2.75) is 244 Å². The van der Waals surface area contributed by atoms with Crippen LogP contribution in [0.1, 0.15) is 239 Å². The number of nitrogens with one attached hydrogen (secondary N) is 3. The van der Waals surface area contributed by atoms with Crippen LogP contribution in [0.4, 0.5) is 0 Å². The van der Waals surface area contributed by atoms with Crippen molar-refractivity contribution in [3.8, 4) is 0 Å². The van der Waals surface area contributed by atoms with Crippen molar-refractivity contribution in [1.29, 1.82) is 0 Å². The van der Waals surface area contributed by atoms with E-state index in [1.165, 1.54) is 141 Å². The van der Waals surface area contributed by atoms with Crippen LogP contribution in [0.3, 0.4) is 0 Å². The van der Waals surface area contributed by atoms with Gasteiger partial charge in [-0.2, -0.15) is 12.6 Å². The topological polar surface area (TPSA) is 87.3 Å². The van der Waals surface area contributed by atoms with Crippen LogP contribution < -0.4 is 16.0 Å². The van der Waals surface area contributed by atoms with E-state index in [-0.39, 0.29) is 23.1 Å². The molecule has 0 aromatic rings. The highest BCUT2D eigenvalue weighted by atomic mass is 32.1. The number of amides is 3. The normalized spacial score (nSPS) is 11.8. The van der Waals surface area contributed by atoms with Gasteiger partial charge in [-0.1, -0.05) is 174 Å². The average molecular weight is 724 g/mol. The molecule has 3 amide bonds. The van der Waals surface area contributed by atoms with E-state index in [0.29, 0.717) is 32.4 Å². The van der Waals surface area contributed by atoms with Crippen LogP contribution in [0.5, 0.6) is 0 Å². The molecule has 7 heteroatoms. The third-order valence-corrected chi connectivity index (χ3v) is 10.4. The summed E-state index contributed by atoms with van der Waals surface area (Å²) in [5.74, 6) is 0.378. The highest BCUT2D eigenvalue weighted by molar-refractivity contribution is 7.80. The summed E-state index contributed by atoms with van der Waals surface area (Å²) in [7, 11) is 0. The zero-order valence-electron chi connectivity index (χ0n) is 33.4. The molecule has 0 rings (SSSR count). The smallest absolute Gasteiger partial charge is 0.220 e. The number of carbonyl (C=O) groups excluding carboxylic acids is 3. The Morgan fingerprint density at radius 3 is 1.02 bits per heavy atom. The molecule has 296 valence electrons. The summed E-state index contributed by atoms with van der Waals surface area (Å²) in [6, 6.07) is 0. The maximum Gasteiger partial charge on any atom is 0.220 e. The first-order valence-electron chi connectivity index (χ1n) is 22.0. The third kappa shape index (κ3) is 39.5. The van der Waals surface area contributed by atoms with Crippen molar-refractivity contribution in [1.82, 2.24) is 16.0 Å². The van der Waals surface area contributed by atoms with Gasteiger partial charge in [0.1, 0.15) is 0 Å². The Morgan fingerprint density at radius 1 is 0.380 bits per heavy atom. The van der Waals surface area contributed by atoms with Crippen LogP contribution in [0.25, 0.3) is 0 Å². The van der Waals surface area contributed by atoms with Crippen LogP contribution in [-0.4, -0.2) is 36.2 Å². The standard InChI is InChI=1S/C43H85N3O3S/c1-3-5-7-9-11-13-15-16-17-18-20-21-23-25-28-34-40(47)44-38-32-27-30-35-41(48)45-39-33-31-37-43(50)46-42(49)36-29-26-24-22-19-14-12-10-8-6-4-2/h43,50H,3-39H2,1-2H3,(H,44,47)(H,45,48)(H,46,49)/t43-/m1/s1. The second-order valence-electron chi connectivity index (χ2n) is 15.1. The van der Waals surface area contributed by atoms with Gasteiger partial charge in [0, 0.05) is 32.4 Å². The molecule has 0 aliphatic heterocycles. The number of hydrogen-bond acceptors (Lipinski definition) is 4. The molecule has 0 spiro atoms. The Kier molecular flexibility index (Phi) is 39.5. The van der Waals surface area contributed by atoms with E-state index in [4.69, 9.17) is 0 Å². The van der Waals surface area contributed by atoms with E-state index in [1.807, 2.05) is 0 Å². The molecule has 0 aromatic heterocycles. The number of unbranched alkanes of at least 4 members (excludes halogenated alkanes) is 27. The van der Waals surface area contributed by atoms with Gasteiger partial charge in [0.15, 0.2) is 0 Å². The summed E-state index contributed by atoms with van der Waals surface area (Å²) in [5, 5.41) is 8.95. The lowest BCUT2D eigenvalue weighted by atomic mass is 10.0. The maximum atomic E-state index is 12.2. The maximum absolute atomic E-state index is 12.2. The first-order chi connectivity index (χ1) is 24.5. The van der Waals surface area contributed by atoms with Gasteiger partial charge in [-0.3, -0.25) is 14.4 Å². The van der Waals surface area contributed by atoms with E-state index >= 15 is 0 Å². The van der Waals surface area contributed by atoms with E-state index in [0.717, 1.165) is 64.2 Å². The Labute approximate surface area is 316 Å². The van der Waals surface area contributed by atoms with Crippen LogP contribution >= 0.6 is 12.6 Å². The highest BCUT2D eigenvalue weighted by Crippen LogP contribution is 2.15. The number of thiol groups is 1. The van der Waals surface area contributed by atoms with Crippen molar-refractivity contribution in [3.63, 3.8) is 0 Å². The van der Waals surface area contributed by atoms with E-state index in [9.17, 15) is 14.4 Å². The lowest BCUT2D eigenvalue weighted by Crippen LogP contribution is -2.31. The van der Waals surface area contributed by atoms with Crippen LogP contribution in [-0.2, 0) is 14.4 Å². The SMILES string of the molecule is CCCCCCCCCCCCCCCCCC(=O)NCCCCCC(=O)NCCCC[C@@H](S)NC(=O)CCCCCCCCCCCCC. The lowest BCUT2D eigenvalue weighted by molar-refractivity contribution is -0.122. The largest absolute Gasteiger partial charge is 0.356 e. The average Bonchev–Trinajstić information content (AvgIpc) is 3.10. The molecular formula is C43H85N3O3S. The minimum absolute atomic E-state index is 0.102. The molecule has 0 aliphatic rings. The second-order valence-corrected chi connectivity index (χ2v) is 15.7. The van der Waals surface area contributed by atoms with Gasteiger partial charge in [-0.15, -0.1) is 0 Å². The van der Waals surface area contributed by atoms with Gasteiger partial charge in [0.2, 0.25) is 17.7 Å². The first kappa shape index (κ1) is 48.8. The molecule has 0 fully saturated rings. The summed E-state index contributed by atoms with van der Waals surface area (Å²) in [6.45, 7) is 5.92. The summed E-state index contributed by atoms with van der Waals surface area (Å²) < 4.78 is 0. The zero-order chi connectivity index (χ0) is 36.6. The Hall–Kier alpha value is -1.24. The predicted octanol–water partition coefficient (Wildman–Crippen LogP) is 12.3. The lowest BCUT2D eigenvalue weighted by Gasteiger charge is -2.13. The van der Waals surface area contributed by atoms with Gasteiger partial charge in [-0.05, 0) is 44.9 Å². The summed E-state index contributed by atoms with van der Waals surface area (Å²) in [6.07, 6.45) is 41.3. The van der Waals surface area contributed by atoms with Crippen molar-refractivity contribution in [3.05, 3.63) is 0 Å². The number of hydrogen-bond donors (Lipinski definition) is 4.